The van der Waals surface area contributed by atoms with Gasteiger partial charge in [-0.15, -0.1) is 22.7 Å². The zero-order valence-corrected chi connectivity index (χ0v) is 81.4. The van der Waals surface area contributed by atoms with E-state index in [0.717, 1.165) is 39.1 Å². The number of hydrogen-bond donors (Lipinski definition) is 0. The summed E-state index contributed by atoms with van der Waals surface area (Å²) in [6, 6.07) is 153. The highest BCUT2D eigenvalue weighted by Gasteiger charge is 2.50. The van der Waals surface area contributed by atoms with E-state index in [9.17, 15) is 0 Å². The fourth-order valence-electron chi connectivity index (χ4n) is 28.7. The molecule has 0 bridgehead atoms. The third kappa shape index (κ3) is 9.68. The third-order valence-corrected chi connectivity index (χ3v) is 36.3. The van der Waals surface area contributed by atoms with Crippen molar-refractivity contribution in [2.45, 2.75) is 33.1 Å². The number of anilines is 3. The van der Waals surface area contributed by atoms with Gasteiger partial charge in [-0.25, -0.2) is 0 Å². The lowest BCUT2D eigenvalue weighted by molar-refractivity contribution is 0.666. The molecule has 0 spiro atoms. The van der Waals surface area contributed by atoms with Crippen molar-refractivity contribution < 1.29 is 4.42 Å². The van der Waals surface area contributed by atoms with Gasteiger partial charge in [-0.05, 0) is 213 Å². The van der Waals surface area contributed by atoms with Gasteiger partial charge in [0.15, 0.2) is 5.58 Å². The molecule has 17 heterocycles. The van der Waals surface area contributed by atoms with E-state index in [1.54, 1.807) is 0 Å². The molecule has 146 heavy (non-hydrogen) atoms. The minimum atomic E-state index is -0.0857. The zero-order valence-electron chi connectivity index (χ0n) is 79.7. The van der Waals surface area contributed by atoms with E-state index in [1.807, 2.05) is 22.7 Å². The Bertz CT molecular complexity index is 11000. The highest BCUT2D eigenvalue weighted by atomic mass is 32.1. The predicted molar refractivity (Wildman–Crippen MR) is 618 cm³/mol. The standard InChI is InChI=1S/C46H26BN3S2.C44H30BN3.C41H24BN3O/c1-3-13-27(14-4-1)48(28-15-5-2-6-16-28)29-25-36-40-37(26-29)50-42-33(46-44(50)31-18-8-10-24-39(31)52-46)20-12-22-35(42)47(40)34-21-11-19-32-41(34)49(36)43-30-17-7-9-23-38(30)51-45(32)43;1-25-23-35-38-36(24-25)48-40-30(43-42(48)28-16-8-10-22-34(28)46(43)26-13-5-4-6-14-26)18-12-21-33(40)45(38)32-20-11-17-29-37-41(47(35)39(29)32)27-15-7-9-19-31(27)44(37,2)3;1-23-21-32-35-33(22-23)45-37-28(41-40(45)26-14-6-8-20-34(26)46-41)16-10-18-30(37)42(35)29-17-9-15-27-36(29)44(32)38-25-13-5-7-19-31(25)43(39(27)38)24-11-3-2-4-12-24/h1-26H;4-24H,1-3H3;2-22H,1H3. The van der Waals surface area contributed by atoms with Crippen LogP contribution in [0.15, 0.2) is 417 Å². The zero-order chi connectivity index (χ0) is 95.1. The largest absolute Gasteiger partial charge is 0.454 e. The number of rotatable bonds is 5. The molecule has 0 unspecified atom stereocenters. The molecule has 19 aromatic carbocycles. The maximum Gasteiger partial charge on any atom is 0.252 e. The molecule has 0 amide bonds. The maximum atomic E-state index is 6.62. The molecule has 30 aromatic rings. The van der Waals surface area contributed by atoms with Gasteiger partial charge in [0.25, 0.3) is 20.1 Å². The van der Waals surface area contributed by atoms with Crippen molar-refractivity contribution in [2.75, 3.05) is 4.90 Å². The van der Waals surface area contributed by atoms with Crippen LogP contribution in [0.25, 0.3) is 229 Å². The molecule has 0 fully saturated rings. The number of para-hydroxylation sites is 13. The van der Waals surface area contributed by atoms with Gasteiger partial charge < -0.3 is 45.9 Å². The van der Waals surface area contributed by atoms with Crippen LogP contribution in [0.2, 0.25) is 0 Å². The fourth-order valence-corrected chi connectivity index (χ4v) is 31.1. The van der Waals surface area contributed by atoms with Crippen LogP contribution < -0.4 is 54.1 Å². The number of thiophene rings is 2. The van der Waals surface area contributed by atoms with E-state index in [0.29, 0.717) is 0 Å². The third-order valence-electron chi connectivity index (χ3n) is 33.9. The Kier molecular flexibility index (Phi) is 15.1. The molecule has 0 saturated carbocycles. The van der Waals surface area contributed by atoms with Gasteiger partial charge in [-0.3, -0.25) is 0 Å². The van der Waals surface area contributed by atoms with Crippen molar-refractivity contribution in [1.29, 1.82) is 0 Å². The second kappa shape index (κ2) is 28.0. The first-order chi connectivity index (χ1) is 72.1. The summed E-state index contributed by atoms with van der Waals surface area (Å²) in [5.41, 5.74) is 55.2. The van der Waals surface area contributed by atoms with E-state index < -0.39 is 0 Å². The maximum absolute atomic E-state index is 6.62. The molecule has 7 aliphatic rings. The molecule has 11 aromatic heterocycles. The van der Waals surface area contributed by atoms with Gasteiger partial charge in [-0.1, -0.05) is 299 Å². The summed E-state index contributed by atoms with van der Waals surface area (Å²) in [4.78, 5) is 2.43. The summed E-state index contributed by atoms with van der Waals surface area (Å²) in [6.07, 6.45) is 0. The van der Waals surface area contributed by atoms with Crippen LogP contribution in [0, 0.1) is 13.8 Å². The molecule has 6 aliphatic heterocycles. The normalized spacial score (nSPS) is 13.6. The second-order valence-electron chi connectivity index (χ2n) is 41.6. The van der Waals surface area contributed by atoms with Crippen LogP contribution in [0.4, 0.5) is 17.1 Å². The first-order valence-electron chi connectivity index (χ1n) is 50.9. The number of hydrogen-bond acceptors (Lipinski definition) is 4. The Morgan fingerprint density at radius 3 is 1.07 bits per heavy atom. The van der Waals surface area contributed by atoms with E-state index in [-0.39, 0.29) is 25.6 Å². The van der Waals surface area contributed by atoms with Gasteiger partial charge in [0.05, 0.1) is 92.5 Å². The van der Waals surface area contributed by atoms with E-state index in [1.165, 1.54) is 278 Å². The summed E-state index contributed by atoms with van der Waals surface area (Å²) in [7, 11) is 0. The molecule has 676 valence electrons. The highest BCUT2D eigenvalue weighted by molar-refractivity contribution is 7.27. The number of aromatic nitrogens is 8. The summed E-state index contributed by atoms with van der Waals surface area (Å²) in [5.74, 6) is 0. The first-order valence-corrected chi connectivity index (χ1v) is 52.5. The number of fused-ring (bicyclic) bond motifs is 42. The molecule has 0 N–H and O–H groups in total. The lowest BCUT2D eigenvalue weighted by atomic mass is 9.34. The number of nitrogens with zero attached hydrogens (tertiary/aromatic N) is 9. The molecule has 0 saturated heterocycles. The predicted octanol–water partition coefficient (Wildman–Crippen LogP) is 27.4. The molecule has 1 aliphatic carbocycles. The molecular formula is C131H80B3N9OS2. The Morgan fingerprint density at radius 2 is 0.589 bits per heavy atom. The van der Waals surface area contributed by atoms with E-state index >= 15 is 0 Å². The number of aryl methyl sites for hydroxylation is 2. The van der Waals surface area contributed by atoms with Crippen molar-refractivity contribution in [3.05, 3.63) is 435 Å². The molecule has 0 atom stereocenters. The quantitative estimate of drug-likeness (QED) is 0.161. The first kappa shape index (κ1) is 78.9. The Labute approximate surface area is 845 Å². The van der Waals surface area contributed by atoms with E-state index in [4.69, 9.17) is 4.42 Å². The van der Waals surface area contributed by atoms with Gasteiger partial charge in [0, 0.05) is 142 Å². The summed E-state index contributed by atoms with van der Waals surface area (Å²) < 4.78 is 32.6. The lowest BCUT2D eigenvalue weighted by Gasteiger charge is -2.35. The van der Waals surface area contributed by atoms with Crippen LogP contribution in [0.1, 0.15) is 36.1 Å². The van der Waals surface area contributed by atoms with Crippen LogP contribution in [-0.4, -0.2) is 56.7 Å². The van der Waals surface area contributed by atoms with Crippen molar-refractivity contribution in [3.63, 3.8) is 0 Å². The van der Waals surface area contributed by atoms with Crippen LogP contribution in [-0.2, 0) is 5.41 Å². The second-order valence-corrected chi connectivity index (χ2v) is 43.7. The van der Waals surface area contributed by atoms with Crippen molar-refractivity contribution in [1.82, 2.24) is 36.5 Å². The van der Waals surface area contributed by atoms with Gasteiger partial charge in [0.2, 0.25) is 0 Å². The van der Waals surface area contributed by atoms with Crippen LogP contribution >= 0.6 is 22.7 Å². The monoisotopic (exact) mass is 1890 g/mol. The SMILES string of the molecule is Cc1cc2c3c(c1)-n1c4c(cccc4c4c1c1ccccc1n4-c1ccccc1)B3c1cccc3c4c(n-2c13)-c1ccccc1C4(C)C.Cc1cc2c3c(c1)-n1c4c(cccc4c4c1c1ccccc1n4-c1ccccc1)B3c1cccc3c4oc5ccccc5c4n-2c13.c1ccc(N(c2ccccc2)c2cc3c4c(c2)-n2c5c(cccc5c5sc6ccccc6c52)B4c2cccc4c5sc6ccccc6c5n-3c24)cc1. The van der Waals surface area contributed by atoms with Crippen molar-refractivity contribution >= 4 is 281 Å². The minimum absolute atomic E-state index is 0.0857. The average Bonchev–Trinajstić information content (AvgIpc) is 1.56. The van der Waals surface area contributed by atoms with E-state index in [2.05, 4.69) is 482 Å². The Hall–Kier alpha value is -17.7. The van der Waals surface area contributed by atoms with Gasteiger partial charge in [-0.2, -0.15) is 0 Å². The summed E-state index contributed by atoms with van der Waals surface area (Å²) in [6.45, 7) is 9.70. The number of furan rings is 1. The Balaban J connectivity index is 0.0000000926. The molecular weight excluding hydrogens is 1810 g/mol. The van der Waals surface area contributed by atoms with Crippen LogP contribution in [0.5, 0.6) is 0 Å². The summed E-state index contributed by atoms with van der Waals surface area (Å²) >= 11 is 3.85. The molecule has 10 nitrogen and oxygen atoms in total. The van der Waals surface area contributed by atoms with Crippen molar-refractivity contribution in [3.8, 4) is 56.8 Å². The molecule has 37 rings (SSSR count). The fraction of sp³-hybridized carbons (Fsp3) is 0.0382. The highest BCUT2D eigenvalue weighted by Crippen LogP contribution is 2.57. The van der Waals surface area contributed by atoms with Crippen LogP contribution in [0.3, 0.4) is 0 Å². The average molecular weight is 1890 g/mol. The van der Waals surface area contributed by atoms with Gasteiger partial charge in [0.1, 0.15) is 11.1 Å². The Morgan fingerprint density at radius 1 is 0.253 bits per heavy atom. The number of benzene rings is 19. The summed E-state index contributed by atoms with van der Waals surface area (Å²) in [5, 5.41) is 14.2. The lowest BCUT2D eigenvalue weighted by Crippen LogP contribution is -2.59. The topological polar surface area (TPSA) is 55.8 Å². The molecule has 15 heteroatoms. The molecule has 0 radical (unpaired) electrons. The smallest absolute Gasteiger partial charge is 0.252 e. The van der Waals surface area contributed by atoms with Crippen molar-refractivity contribution in [2.24, 2.45) is 0 Å². The minimum Gasteiger partial charge on any atom is -0.454 e. The van der Waals surface area contributed by atoms with Gasteiger partial charge >= 0.3 is 0 Å².